The van der Waals surface area contributed by atoms with Gasteiger partial charge in [-0.25, -0.2) is 4.98 Å². The molecule has 8 heteroatoms. The fraction of sp³-hybridized carbons (Fsp3) is 0.350. The Kier molecular flexibility index (Phi) is 5.78. The monoisotopic (exact) mass is 399 g/mol. The van der Waals surface area contributed by atoms with E-state index in [0.717, 1.165) is 19.4 Å². The summed E-state index contributed by atoms with van der Waals surface area (Å²) < 4.78 is 12.6. The molecule has 2 aromatic heterocycles. The number of benzene rings is 1. The van der Waals surface area contributed by atoms with Gasteiger partial charge in [-0.05, 0) is 37.1 Å². The van der Waals surface area contributed by atoms with Crippen LogP contribution in [0.25, 0.3) is 10.9 Å². The zero-order chi connectivity index (χ0) is 19.3. The Bertz CT molecular complexity index is 1010. The van der Waals surface area contributed by atoms with Crippen molar-refractivity contribution in [2.24, 2.45) is 0 Å². The molecule has 3 aromatic rings. The molecule has 1 N–H and O–H groups in total. The summed E-state index contributed by atoms with van der Waals surface area (Å²) in [6.45, 7) is 1.51. The molecule has 0 bridgehead atoms. The van der Waals surface area contributed by atoms with Crippen LogP contribution >= 0.6 is 11.8 Å². The minimum atomic E-state index is -0.146. The van der Waals surface area contributed by atoms with Crippen LogP contribution < -0.4 is 10.9 Å². The first-order valence-corrected chi connectivity index (χ1v) is 10.2. The fourth-order valence-corrected chi connectivity index (χ4v) is 4.03. The number of hydrogen-bond acceptors (Lipinski definition) is 6. The quantitative estimate of drug-likeness (QED) is 0.485. The molecule has 1 aromatic carbocycles. The first-order chi connectivity index (χ1) is 13.7. The summed E-state index contributed by atoms with van der Waals surface area (Å²) >= 11 is 1.26. The van der Waals surface area contributed by atoms with Crippen LogP contribution in [0.2, 0.25) is 0 Å². The van der Waals surface area contributed by atoms with Crippen LogP contribution in [-0.2, 0) is 22.6 Å². The van der Waals surface area contributed by atoms with Gasteiger partial charge >= 0.3 is 0 Å². The van der Waals surface area contributed by atoms with Gasteiger partial charge in [-0.3, -0.25) is 14.2 Å². The molecule has 1 saturated heterocycles. The highest BCUT2D eigenvalue weighted by Crippen LogP contribution is 2.21. The molecule has 1 atom stereocenters. The van der Waals surface area contributed by atoms with Crippen molar-refractivity contribution in [3.63, 3.8) is 0 Å². The summed E-state index contributed by atoms with van der Waals surface area (Å²) in [6.07, 6.45) is 3.50. The Morgan fingerprint density at radius 1 is 1.29 bits per heavy atom. The molecule has 28 heavy (non-hydrogen) atoms. The Hall–Kier alpha value is -2.58. The van der Waals surface area contributed by atoms with Crippen molar-refractivity contribution in [3.05, 3.63) is 58.8 Å². The number of carbonyl (C=O) groups is 1. The Morgan fingerprint density at radius 2 is 2.18 bits per heavy atom. The predicted octanol–water partition coefficient (Wildman–Crippen LogP) is 2.58. The number of thioether (sulfide) groups is 1. The molecule has 146 valence electrons. The first-order valence-electron chi connectivity index (χ1n) is 9.24. The molecular formula is C20H21N3O4S. The predicted molar refractivity (Wildman–Crippen MR) is 106 cm³/mol. The molecule has 0 radical (unpaired) electrons. The summed E-state index contributed by atoms with van der Waals surface area (Å²) in [5.74, 6) is 0.710. The van der Waals surface area contributed by atoms with Crippen LogP contribution in [-0.4, -0.2) is 33.9 Å². The highest BCUT2D eigenvalue weighted by molar-refractivity contribution is 7.99. The van der Waals surface area contributed by atoms with Crippen molar-refractivity contribution in [2.75, 3.05) is 12.4 Å². The van der Waals surface area contributed by atoms with E-state index < -0.39 is 0 Å². The van der Waals surface area contributed by atoms with E-state index in [1.54, 1.807) is 29.0 Å². The number of nitrogens with zero attached hydrogens (tertiary/aromatic N) is 2. The molecule has 0 unspecified atom stereocenters. The third kappa shape index (κ3) is 4.28. The minimum Gasteiger partial charge on any atom is -0.467 e. The van der Waals surface area contributed by atoms with Crippen molar-refractivity contribution in [3.8, 4) is 0 Å². The molecule has 0 spiro atoms. The lowest BCUT2D eigenvalue weighted by Crippen LogP contribution is -2.30. The van der Waals surface area contributed by atoms with Gasteiger partial charge in [0.1, 0.15) is 5.76 Å². The van der Waals surface area contributed by atoms with Crippen molar-refractivity contribution in [1.29, 1.82) is 0 Å². The van der Waals surface area contributed by atoms with E-state index in [4.69, 9.17) is 9.15 Å². The van der Waals surface area contributed by atoms with E-state index in [9.17, 15) is 9.59 Å². The summed E-state index contributed by atoms with van der Waals surface area (Å²) in [7, 11) is 0. The Labute approximate surface area is 166 Å². The van der Waals surface area contributed by atoms with E-state index in [1.807, 2.05) is 18.2 Å². The van der Waals surface area contributed by atoms with Gasteiger partial charge in [-0.2, -0.15) is 0 Å². The van der Waals surface area contributed by atoms with Gasteiger partial charge in [-0.15, -0.1) is 0 Å². The first kappa shape index (κ1) is 18.8. The van der Waals surface area contributed by atoms with E-state index in [0.29, 0.717) is 34.9 Å². The maximum Gasteiger partial charge on any atom is 0.262 e. The highest BCUT2D eigenvalue weighted by Gasteiger charge is 2.20. The highest BCUT2D eigenvalue weighted by atomic mass is 32.2. The Morgan fingerprint density at radius 3 is 2.96 bits per heavy atom. The average Bonchev–Trinajstić information content (AvgIpc) is 3.41. The second-order valence-corrected chi connectivity index (χ2v) is 7.55. The van der Waals surface area contributed by atoms with Crippen LogP contribution in [0.1, 0.15) is 18.6 Å². The van der Waals surface area contributed by atoms with E-state index in [1.165, 1.54) is 11.8 Å². The normalized spacial score (nSPS) is 16.5. The number of hydrogen-bond donors (Lipinski definition) is 1. The molecule has 7 nitrogen and oxygen atoms in total. The van der Waals surface area contributed by atoms with E-state index in [2.05, 4.69) is 10.3 Å². The zero-order valence-electron chi connectivity index (χ0n) is 15.3. The van der Waals surface area contributed by atoms with Crippen molar-refractivity contribution < 1.29 is 13.9 Å². The van der Waals surface area contributed by atoms with Gasteiger partial charge in [0, 0.05) is 6.61 Å². The number of ether oxygens (including phenoxy) is 1. The third-order valence-electron chi connectivity index (χ3n) is 4.61. The van der Waals surface area contributed by atoms with Gasteiger partial charge in [0.15, 0.2) is 5.16 Å². The molecule has 0 saturated carbocycles. The molecular weight excluding hydrogens is 378 g/mol. The van der Waals surface area contributed by atoms with E-state index in [-0.39, 0.29) is 23.3 Å². The topological polar surface area (TPSA) is 86.4 Å². The van der Waals surface area contributed by atoms with Gasteiger partial charge in [0.25, 0.3) is 5.56 Å². The number of carbonyl (C=O) groups excluding carboxylic acids is 1. The summed E-state index contributed by atoms with van der Waals surface area (Å²) in [4.78, 5) is 29.8. The van der Waals surface area contributed by atoms with Crippen molar-refractivity contribution in [1.82, 2.24) is 14.9 Å². The van der Waals surface area contributed by atoms with E-state index >= 15 is 0 Å². The second-order valence-electron chi connectivity index (χ2n) is 6.61. The van der Waals surface area contributed by atoms with Gasteiger partial charge in [0.05, 0.1) is 42.1 Å². The summed E-state index contributed by atoms with van der Waals surface area (Å²) in [5.41, 5.74) is 0.536. The van der Waals surface area contributed by atoms with Crippen LogP contribution in [0, 0.1) is 0 Å². The lowest BCUT2D eigenvalue weighted by molar-refractivity contribution is -0.118. The molecule has 1 aliphatic heterocycles. The molecule has 1 aliphatic rings. The van der Waals surface area contributed by atoms with Gasteiger partial charge in [0.2, 0.25) is 5.91 Å². The van der Waals surface area contributed by atoms with Crippen molar-refractivity contribution >= 4 is 28.6 Å². The smallest absolute Gasteiger partial charge is 0.262 e. The van der Waals surface area contributed by atoms with Crippen LogP contribution in [0.15, 0.2) is 57.0 Å². The lowest BCUT2D eigenvalue weighted by atomic mass is 10.2. The molecule has 1 fully saturated rings. The molecule has 3 heterocycles. The molecule has 0 aliphatic carbocycles. The minimum absolute atomic E-state index is 0.00721. The van der Waals surface area contributed by atoms with Crippen molar-refractivity contribution in [2.45, 2.75) is 37.2 Å². The number of furan rings is 1. The lowest BCUT2D eigenvalue weighted by Gasteiger charge is -2.16. The number of rotatable bonds is 7. The number of nitrogens with one attached hydrogen (secondary N) is 1. The largest absolute Gasteiger partial charge is 0.467 e. The standard InChI is InChI=1S/C20H21N3O4S/c24-18(21-11-14-5-3-9-26-14)13-28-20-22-17-8-2-1-7-16(17)19(25)23(20)12-15-6-4-10-27-15/h1-3,5,7-9,15H,4,6,10-13H2,(H,21,24)/t15-/m1/s1. The number of amides is 1. The number of aromatic nitrogens is 2. The van der Waals surface area contributed by atoms with Gasteiger partial charge in [-0.1, -0.05) is 23.9 Å². The van der Waals surface area contributed by atoms with Crippen LogP contribution in [0.4, 0.5) is 0 Å². The number of para-hydroxylation sites is 1. The summed E-state index contributed by atoms with van der Waals surface area (Å²) in [6, 6.07) is 10.9. The van der Waals surface area contributed by atoms with Crippen LogP contribution in [0.3, 0.4) is 0 Å². The van der Waals surface area contributed by atoms with Crippen LogP contribution in [0.5, 0.6) is 0 Å². The van der Waals surface area contributed by atoms with Gasteiger partial charge < -0.3 is 14.5 Å². The second kappa shape index (κ2) is 8.62. The molecule has 1 amide bonds. The maximum absolute atomic E-state index is 13.0. The fourth-order valence-electron chi connectivity index (χ4n) is 3.19. The Balaban J connectivity index is 1.52. The third-order valence-corrected chi connectivity index (χ3v) is 5.59. The summed E-state index contributed by atoms with van der Waals surface area (Å²) in [5, 5.41) is 3.92. The molecule has 4 rings (SSSR count). The SMILES string of the molecule is O=C(CSc1nc2ccccc2c(=O)n1C[C@H]1CCCO1)NCc1ccco1. The maximum atomic E-state index is 13.0. The number of fused-ring (bicyclic) bond motifs is 1. The zero-order valence-corrected chi connectivity index (χ0v) is 16.1. The average molecular weight is 399 g/mol.